The molecule has 0 aromatic carbocycles. The van der Waals surface area contributed by atoms with Crippen molar-refractivity contribution in [3.8, 4) is 0 Å². The molecule has 1 rings (SSSR count). The van der Waals surface area contributed by atoms with Gasteiger partial charge in [-0.05, 0) is 26.1 Å². The van der Waals surface area contributed by atoms with E-state index in [1.807, 2.05) is 0 Å². The van der Waals surface area contributed by atoms with Gasteiger partial charge in [-0.25, -0.2) is 0 Å². The number of hydrogen-bond acceptors (Lipinski definition) is 5. The molecule has 0 saturated carbocycles. The van der Waals surface area contributed by atoms with Crippen molar-refractivity contribution in [3.63, 3.8) is 0 Å². The van der Waals surface area contributed by atoms with Gasteiger partial charge in [-0.2, -0.15) is 4.98 Å². The van der Waals surface area contributed by atoms with Gasteiger partial charge in [0.15, 0.2) is 5.82 Å². The van der Waals surface area contributed by atoms with E-state index in [9.17, 15) is 0 Å². The van der Waals surface area contributed by atoms with Crippen LogP contribution in [-0.2, 0) is 12.8 Å². The minimum Gasteiger partial charge on any atom is -0.339 e. The van der Waals surface area contributed by atoms with Crippen LogP contribution in [0.25, 0.3) is 0 Å². The lowest BCUT2D eigenvalue weighted by molar-refractivity contribution is 0.302. The normalized spacial score (nSPS) is 11.2. The lowest BCUT2D eigenvalue weighted by Gasteiger charge is -2.16. The first kappa shape index (κ1) is 13.1. The van der Waals surface area contributed by atoms with Crippen molar-refractivity contribution in [3.05, 3.63) is 11.7 Å². The Morgan fingerprint density at radius 3 is 2.62 bits per heavy atom. The minimum absolute atomic E-state index is 0.664. The van der Waals surface area contributed by atoms with Crippen LogP contribution in [0.1, 0.15) is 32.0 Å². The predicted octanol–water partition coefficient (Wildman–Crippen LogP) is 0.845. The van der Waals surface area contributed by atoms with E-state index in [1.165, 1.54) is 0 Å². The first-order valence-electron chi connectivity index (χ1n) is 6.04. The van der Waals surface area contributed by atoms with Gasteiger partial charge in [0.1, 0.15) is 0 Å². The molecule has 0 amide bonds. The van der Waals surface area contributed by atoms with E-state index in [0.29, 0.717) is 12.4 Å². The Balaban J connectivity index is 2.33. The molecule has 2 N–H and O–H groups in total. The molecule has 0 aliphatic rings. The molecule has 0 spiro atoms. The molecular formula is C11H22N4O. The Morgan fingerprint density at radius 1 is 1.25 bits per heavy atom. The summed E-state index contributed by atoms with van der Waals surface area (Å²) in [5, 5.41) is 3.96. The van der Waals surface area contributed by atoms with Crippen LogP contribution in [0.5, 0.6) is 0 Å². The van der Waals surface area contributed by atoms with Gasteiger partial charge in [0.05, 0.1) is 0 Å². The van der Waals surface area contributed by atoms with Gasteiger partial charge in [-0.1, -0.05) is 19.0 Å². The summed E-state index contributed by atoms with van der Waals surface area (Å²) in [7, 11) is 0. The Labute approximate surface area is 97.0 Å². The number of likely N-dealkylation sites (N-methyl/N-ethyl adjacent to an activating group) is 1. The molecule has 92 valence electrons. The van der Waals surface area contributed by atoms with Crippen LogP contribution >= 0.6 is 0 Å². The summed E-state index contributed by atoms with van der Waals surface area (Å²) in [6.45, 7) is 8.10. The Hall–Kier alpha value is -0.940. The van der Waals surface area contributed by atoms with Crippen molar-refractivity contribution < 1.29 is 4.52 Å². The summed E-state index contributed by atoms with van der Waals surface area (Å²) < 4.78 is 5.13. The lowest BCUT2D eigenvalue weighted by Crippen LogP contribution is -2.25. The summed E-state index contributed by atoms with van der Waals surface area (Å²) in [5.41, 5.74) is 5.42. The van der Waals surface area contributed by atoms with Gasteiger partial charge in [0, 0.05) is 19.4 Å². The first-order valence-corrected chi connectivity index (χ1v) is 6.04. The Bertz CT molecular complexity index is 283. The highest BCUT2D eigenvalue weighted by atomic mass is 16.5. The van der Waals surface area contributed by atoms with Crippen molar-refractivity contribution in [1.82, 2.24) is 15.0 Å². The van der Waals surface area contributed by atoms with E-state index in [-0.39, 0.29) is 0 Å². The third kappa shape index (κ3) is 4.28. The fourth-order valence-corrected chi connectivity index (χ4v) is 1.54. The average molecular weight is 226 g/mol. The quantitative estimate of drug-likeness (QED) is 0.711. The van der Waals surface area contributed by atoms with Crippen LogP contribution in [0.4, 0.5) is 0 Å². The zero-order valence-electron chi connectivity index (χ0n) is 10.3. The number of aromatic nitrogens is 2. The Kier molecular flexibility index (Phi) is 6.03. The Morgan fingerprint density at radius 2 is 2.00 bits per heavy atom. The monoisotopic (exact) mass is 226 g/mol. The van der Waals surface area contributed by atoms with Crippen molar-refractivity contribution >= 4 is 0 Å². The number of rotatable bonds is 8. The fourth-order valence-electron chi connectivity index (χ4n) is 1.54. The second kappa shape index (κ2) is 7.35. The van der Waals surface area contributed by atoms with E-state index in [0.717, 1.165) is 44.7 Å². The standard InChI is InChI=1S/C11H22N4O/c1-3-15(4-2)9-7-10-13-11(16-14-10)6-5-8-12/h3-9,12H2,1-2H3. The SMILES string of the molecule is CCN(CC)CCc1noc(CCCN)n1. The summed E-state index contributed by atoms with van der Waals surface area (Å²) >= 11 is 0. The van der Waals surface area contributed by atoms with Gasteiger partial charge >= 0.3 is 0 Å². The molecule has 0 unspecified atom stereocenters. The van der Waals surface area contributed by atoms with E-state index in [2.05, 4.69) is 28.9 Å². The highest BCUT2D eigenvalue weighted by Crippen LogP contribution is 2.02. The molecule has 16 heavy (non-hydrogen) atoms. The second-order valence-corrected chi connectivity index (χ2v) is 3.77. The van der Waals surface area contributed by atoms with Crippen LogP contribution in [0.3, 0.4) is 0 Å². The van der Waals surface area contributed by atoms with Crippen molar-refractivity contribution in [1.29, 1.82) is 0 Å². The number of nitrogens with two attached hydrogens (primary N) is 1. The molecule has 0 fully saturated rings. The molecule has 5 heteroatoms. The number of aryl methyl sites for hydroxylation is 1. The van der Waals surface area contributed by atoms with E-state index >= 15 is 0 Å². The fraction of sp³-hybridized carbons (Fsp3) is 0.818. The lowest BCUT2D eigenvalue weighted by atomic mass is 10.3. The van der Waals surface area contributed by atoms with Gasteiger partial charge in [0.25, 0.3) is 0 Å². The average Bonchev–Trinajstić information content (AvgIpc) is 2.76. The molecule has 1 aromatic heterocycles. The maximum absolute atomic E-state index is 5.42. The van der Waals surface area contributed by atoms with E-state index < -0.39 is 0 Å². The maximum atomic E-state index is 5.42. The van der Waals surface area contributed by atoms with Gasteiger partial charge in [0.2, 0.25) is 5.89 Å². The molecule has 0 atom stereocenters. The van der Waals surface area contributed by atoms with E-state index in [4.69, 9.17) is 10.3 Å². The van der Waals surface area contributed by atoms with E-state index in [1.54, 1.807) is 0 Å². The minimum atomic E-state index is 0.664. The van der Waals surface area contributed by atoms with Crippen molar-refractivity contribution in [2.45, 2.75) is 33.1 Å². The molecule has 0 aliphatic carbocycles. The van der Waals surface area contributed by atoms with Crippen molar-refractivity contribution in [2.75, 3.05) is 26.2 Å². The topological polar surface area (TPSA) is 68.2 Å². The first-order chi connectivity index (χ1) is 7.80. The number of hydrogen-bond donors (Lipinski definition) is 1. The molecule has 0 aliphatic heterocycles. The molecule has 0 radical (unpaired) electrons. The van der Waals surface area contributed by atoms with Crippen LogP contribution in [0.2, 0.25) is 0 Å². The summed E-state index contributed by atoms with van der Waals surface area (Å²) in [6.07, 6.45) is 2.54. The highest BCUT2D eigenvalue weighted by Gasteiger charge is 2.07. The summed E-state index contributed by atoms with van der Waals surface area (Å²) in [5.74, 6) is 1.51. The molecule has 1 aromatic rings. The predicted molar refractivity (Wildman–Crippen MR) is 63.2 cm³/mol. The maximum Gasteiger partial charge on any atom is 0.226 e. The summed E-state index contributed by atoms with van der Waals surface area (Å²) in [6, 6.07) is 0. The zero-order chi connectivity index (χ0) is 11.8. The molecular weight excluding hydrogens is 204 g/mol. The second-order valence-electron chi connectivity index (χ2n) is 3.77. The molecule has 5 nitrogen and oxygen atoms in total. The van der Waals surface area contributed by atoms with Crippen LogP contribution in [0, 0.1) is 0 Å². The zero-order valence-corrected chi connectivity index (χ0v) is 10.3. The van der Waals surface area contributed by atoms with Crippen LogP contribution in [-0.4, -0.2) is 41.2 Å². The van der Waals surface area contributed by atoms with Gasteiger partial charge < -0.3 is 15.2 Å². The molecule has 0 bridgehead atoms. The summed E-state index contributed by atoms with van der Waals surface area (Å²) in [4.78, 5) is 6.67. The van der Waals surface area contributed by atoms with Crippen LogP contribution < -0.4 is 5.73 Å². The van der Waals surface area contributed by atoms with Gasteiger partial charge in [-0.15, -0.1) is 0 Å². The molecule has 0 saturated heterocycles. The third-order valence-electron chi connectivity index (χ3n) is 2.65. The van der Waals surface area contributed by atoms with Crippen LogP contribution in [0.15, 0.2) is 4.52 Å². The largest absolute Gasteiger partial charge is 0.339 e. The highest BCUT2D eigenvalue weighted by molar-refractivity contribution is 4.87. The van der Waals surface area contributed by atoms with Gasteiger partial charge in [-0.3, -0.25) is 0 Å². The van der Waals surface area contributed by atoms with Crippen molar-refractivity contribution in [2.24, 2.45) is 5.73 Å². The molecule has 1 heterocycles. The number of nitrogens with zero attached hydrogens (tertiary/aromatic N) is 3. The third-order valence-corrected chi connectivity index (χ3v) is 2.65. The smallest absolute Gasteiger partial charge is 0.226 e.